The summed E-state index contributed by atoms with van der Waals surface area (Å²) in [6.07, 6.45) is 1.60. The molecular formula is C14H13NO4. The molecule has 5 nitrogen and oxygen atoms in total. The van der Waals surface area contributed by atoms with E-state index in [0.717, 1.165) is 5.56 Å². The normalized spacial score (nSPS) is 10.0. The summed E-state index contributed by atoms with van der Waals surface area (Å²) in [6.45, 7) is 1.90. The van der Waals surface area contributed by atoms with Gasteiger partial charge in [-0.25, -0.2) is 9.78 Å². The molecule has 0 aliphatic carbocycles. The van der Waals surface area contributed by atoms with Crippen LogP contribution in [0.4, 0.5) is 0 Å². The van der Waals surface area contributed by atoms with Gasteiger partial charge in [-0.3, -0.25) is 0 Å². The molecule has 5 heteroatoms. The maximum Gasteiger partial charge on any atom is 0.339 e. The molecule has 2 rings (SSSR count). The van der Waals surface area contributed by atoms with E-state index in [4.69, 9.17) is 14.6 Å². The van der Waals surface area contributed by atoms with Gasteiger partial charge in [-0.1, -0.05) is 0 Å². The molecule has 0 bridgehead atoms. The summed E-state index contributed by atoms with van der Waals surface area (Å²) in [5.74, 6) is -0.00124. The van der Waals surface area contributed by atoms with Crippen LogP contribution in [-0.2, 0) is 0 Å². The van der Waals surface area contributed by atoms with Crippen molar-refractivity contribution in [3.05, 3.63) is 47.7 Å². The van der Waals surface area contributed by atoms with Gasteiger partial charge in [-0.15, -0.1) is 0 Å². The van der Waals surface area contributed by atoms with Crippen molar-refractivity contribution in [3.8, 4) is 17.4 Å². The van der Waals surface area contributed by atoms with Crippen LogP contribution in [0.25, 0.3) is 0 Å². The van der Waals surface area contributed by atoms with Gasteiger partial charge < -0.3 is 14.6 Å². The highest BCUT2D eigenvalue weighted by Crippen LogP contribution is 2.28. The van der Waals surface area contributed by atoms with Crippen molar-refractivity contribution >= 4 is 5.97 Å². The number of aromatic carboxylic acids is 1. The van der Waals surface area contributed by atoms with Crippen molar-refractivity contribution in [3.63, 3.8) is 0 Å². The Labute approximate surface area is 110 Å². The maximum absolute atomic E-state index is 11.1. The van der Waals surface area contributed by atoms with Crippen molar-refractivity contribution in [2.75, 3.05) is 7.11 Å². The molecular weight excluding hydrogens is 246 g/mol. The minimum atomic E-state index is -1.06. The highest BCUT2D eigenvalue weighted by molar-refractivity contribution is 5.91. The van der Waals surface area contributed by atoms with Crippen molar-refractivity contribution in [2.24, 2.45) is 0 Å². The second-order valence-corrected chi connectivity index (χ2v) is 3.94. The first-order valence-corrected chi connectivity index (χ1v) is 5.62. The zero-order chi connectivity index (χ0) is 13.8. The number of aromatic nitrogens is 1. The Kier molecular flexibility index (Phi) is 3.66. The zero-order valence-electron chi connectivity index (χ0n) is 10.6. The molecule has 0 saturated heterocycles. The standard InChI is InChI=1S/C14H13NO4/c1-9-5-6-15-13(7-9)19-12-8-10(18-2)3-4-11(12)14(16)17/h3-8H,1-2H3,(H,16,17). The summed E-state index contributed by atoms with van der Waals surface area (Å²) < 4.78 is 10.6. The van der Waals surface area contributed by atoms with Gasteiger partial charge >= 0.3 is 5.97 Å². The molecule has 2 aromatic rings. The largest absolute Gasteiger partial charge is 0.497 e. The molecule has 0 spiro atoms. The average Bonchev–Trinajstić information content (AvgIpc) is 2.38. The first kappa shape index (κ1) is 12.9. The molecule has 1 N–H and O–H groups in total. The maximum atomic E-state index is 11.1. The van der Waals surface area contributed by atoms with Crippen LogP contribution in [0.15, 0.2) is 36.5 Å². The van der Waals surface area contributed by atoms with E-state index in [1.54, 1.807) is 18.3 Å². The van der Waals surface area contributed by atoms with E-state index >= 15 is 0 Å². The second kappa shape index (κ2) is 5.39. The Morgan fingerprint density at radius 1 is 1.26 bits per heavy atom. The summed E-state index contributed by atoms with van der Waals surface area (Å²) >= 11 is 0. The fourth-order valence-electron chi connectivity index (χ4n) is 1.57. The quantitative estimate of drug-likeness (QED) is 0.914. The van der Waals surface area contributed by atoms with Gasteiger partial charge in [0.25, 0.3) is 0 Å². The van der Waals surface area contributed by atoms with Gasteiger partial charge in [-0.05, 0) is 30.7 Å². The molecule has 1 heterocycles. The molecule has 0 amide bonds. The number of carbonyl (C=O) groups is 1. The Morgan fingerprint density at radius 3 is 2.68 bits per heavy atom. The van der Waals surface area contributed by atoms with Gasteiger partial charge in [0.05, 0.1) is 7.11 Å². The number of pyridine rings is 1. The van der Waals surface area contributed by atoms with E-state index < -0.39 is 5.97 Å². The van der Waals surface area contributed by atoms with Crippen LogP contribution in [0.1, 0.15) is 15.9 Å². The first-order chi connectivity index (χ1) is 9.10. The Hall–Kier alpha value is -2.56. The minimum Gasteiger partial charge on any atom is -0.497 e. The van der Waals surface area contributed by atoms with Gasteiger partial charge in [0.2, 0.25) is 5.88 Å². The SMILES string of the molecule is COc1ccc(C(=O)O)c(Oc2cc(C)ccn2)c1. The molecule has 98 valence electrons. The number of methoxy groups -OCH3 is 1. The number of hydrogen-bond donors (Lipinski definition) is 1. The highest BCUT2D eigenvalue weighted by atomic mass is 16.5. The molecule has 0 fully saturated rings. The van der Waals surface area contributed by atoms with E-state index in [1.807, 2.05) is 13.0 Å². The number of carboxylic acid groups (broad SMARTS) is 1. The lowest BCUT2D eigenvalue weighted by molar-refractivity contribution is 0.0694. The van der Waals surface area contributed by atoms with Crippen molar-refractivity contribution in [2.45, 2.75) is 6.92 Å². The number of hydrogen-bond acceptors (Lipinski definition) is 4. The lowest BCUT2D eigenvalue weighted by Gasteiger charge is -2.09. The third-order valence-electron chi connectivity index (χ3n) is 2.52. The molecule has 0 saturated carbocycles. The number of aryl methyl sites for hydroxylation is 1. The van der Waals surface area contributed by atoms with E-state index in [9.17, 15) is 4.79 Å². The van der Waals surface area contributed by atoms with Crippen LogP contribution in [0.3, 0.4) is 0 Å². The Bertz CT molecular complexity index is 610. The number of carboxylic acids is 1. The number of ether oxygens (including phenoxy) is 2. The van der Waals surface area contributed by atoms with Gasteiger partial charge in [0.1, 0.15) is 17.1 Å². The van der Waals surface area contributed by atoms with Gasteiger partial charge in [0, 0.05) is 18.3 Å². The van der Waals surface area contributed by atoms with Crippen LogP contribution >= 0.6 is 0 Å². The van der Waals surface area contributed by atoms with Crippen LogP contribution in [0, 0.1) is 6.92 Å². The summed E-state index contributed by atoms with van der Waals surface area (Å²) in [4.78, 5) is 15.2. The van der Waals surface area contributed by atoms with E-state index in [-0.39, 0.29) is 11.3 Å². The van der Waals surface area contributed by atoms with E-state index in [0.29, 0.717) is 11.6 Å². The van der Waals surface area contributed by atoms with E-state index in [2.05, 4.69) is 4.98 Å². The lowest BCUT2D eigenvalue weighted by Crippen LogP contribution is -2.01. The minimum absolute atomic E-state index is 0.0594. The topological polar surface area (TPSA) is 68.7 Å². The number of rotatable bonds is 4. The highest BCUT2D eigenvalue weighted by Gasteiger charge is 2.13. The predicted molar refractivity (Wildman–Crippen MR) is 69.0 cm³/mol. The molecule has 0 aliphatic rings. The summed E-state index contributed by atoms with van der Waals surface area (Å²) in [7, 11) is 1.50. The smallest absolute Gasteiger partial charge is 0.339 e. The molecule has 1 aromatic carbocycles. The van der Waals surface area contributed by atoms with Gasteiger partial charge in [0.15, 0.2) is 0 Å². The zero-order valence-corrected chi connectivity index (χ0v) is 10.6. The number of nitrogens with zero attached hydrogens (tertiary/aromatic N) is 1. The number of benzene rings is 1. The van der Waals surface area contributed by atoms with Gasteiger partial charge in [-0.2, -0.15) is 0 Å². The Balaban J connectivity index is 2.39. The predicted octanol–water partition coefficient (Wildman–Crippen LogP) is 2.89. The summed E-state index contributed by atoms with van der Waals surface area (Å²) in [5, 5.41) is 9.12. The molecule has 0 atom stereocenters. The van der Waals surface area contributed by atoms with Crippen LogP contribution < -0.4 is 9.47 Å². The Morgan fingerprint density at radius 2 is 2.05 bits per heavy atom. The molecule has 0 aliphatic heterocycles. The van der Waals surface area contributed by atoms with E-state index in [1.165, 1.54) is 19.2 Å². The second-order valence-electron chi connectivity index (χ2n) is 3.94. The fraction of sp³-hybridized carbons (Fsp3) is 0.143. The first-order valence-electron chi connectivity index (χ1n) is 5.62. The van der Waals surface area contributed by atoms with Crippen molar-refractivity contribution in [1.29, 1.82) is 0 Å². The van der Waals surface area contributed by atoms with Crippen LogP contribution in [0.5, 0.6) is 17.4 Å². The van der Waals surface area contributed by atoms with Crippen LogP contribution in [0.2, 0.25) is 0 Å². The third kappa shape index (κ3) is 3.01. The van der Waals surface area contributed by atoms with Crippen molar-refractivity contribution < 1.29 is 19.4 Å². The third-order valence-corrected chi connectivity index (χ3v) is 2.52. The monoisotopic (exact) mass is 259 g/mol. The molecule has 1 aromatic heterocycles. The molecule has 19 heavy (non-hydrogen) atoms. The molecule has 0 radical (unpaired) electrons. The average molecular weight is 259 g/mol. The van der Waals surface area contributed by atoms with Crippen LogP contribution in [-0.4, -0.2) is 23.2 Å². The van der Waals surface area contributed by atoms with Crippen molar-refractivity contribution in [1.82, 2.24) is 4.98 Å². The summed E-state index contributed by atoms with van der Waals surface area (Å²) in [6, 6.07) is 8.08. The summed E-state index contributed by atoms with van der Waals surface area (Å²) in [5.41, 5.74) is 1.04. The molecule has 0 unspecified atom stereocenters. The lowest BCUT2D eigenvalue weighted by atomic mass is 10.2. The fourth-order valence-corrected chi connectivity index (χ4v) is 1.57.